The molecule has 1 amide bonds. The SMILES string of the molecule is O=C(NCc1nc2ccccc2s1)C1CNCCO1. The molecule has 100 valence electrons. The van der Waals surface area contributed by atoms with Crippen LogP contribution in [0, 0.1) is 0 Å². The maximum absolute atomic E-state index is 11.9. The summed E-state index contributed by atoms with van der Waals surface area (Å²) in [6, 6.07) is 7.97. The Morgan fingerprint density at radius 1 is 1.53 bits per heavy atom. The van der Waals surface area contributed by atoms with Crippen LogP contribution in [0.5, 0.6) is 0 Å². The molecule has 1 fully saturated rings. The number of carbonyl (C=O) groups is 1. The summed E-state index contributed by atoms with van der Waals surface area (Å²) in [5, 5.41) is 6.93. The minimum absolute atomic E-state index is 0.0774. The highest BCUT2D eigenvalue weighted by Gasteiger charge is 2.21. The van der Waals surface area contributed by atoms with Gasteiger partial charge in [-0.1, -0.05) is 12.1 Å². The lowest BCUT2D eigenvalue weighted by molar-refractivity contribution is -0.134. The van der Waals surface area contributed by atoms with E-state index in [-0.39, 0.29) is 12.0 Å². The number of nitrogens with zero attached hydrogens (tertiary/aromatic N) is 1. The minimum atomic E-state index is -0.386. The highest BCUT2D eigenvalue weighted by Crippen LogP contribution is 2.21. The molecule has 2 N–H and O–H groups in total. The van der Waals surface area contributed by atoms with Crippen molar-refractivity contribution in [3.8, 4) is 0 Å². The van der Waals surface area contributed by atoms with Gasteiger partial charge in [0.05, 0.1) is 23.4 Å². The minimum Gasteiger partial charge on any atom is -0.366 e. The second-order valence-electron chi connectivity index (χ2n) is 4.36. The summed E-state index contributed by atoms with van der Waals surface area (Å²) in [7, 11) is 0. The van der Waals surface area contributed by atoms with E-state index in [0.717, 1.165) is 21.8 Å². The molecular formula is C13H15N3O2S. The molecule has 2 aromatic rings. The molecule has 2 heterocycles. The Bertz CT molecular complexity index is 545. The number of carbonyl (C=O) groups excluding carboxylic acids is 1. The van der Waals surface area contributed by atoms with E-state index in [1.807, 2.05) is 24.3 Å². The molecule has 3 rings (SSSR count). The lowest BCUT2D eigenvalue weighted by atomic mass is 10.3. The van der Waals surface area contributed by atoms with Crippen molar-refractivity contribution in [2.24, 2.45) is 0 Å². The fourth-order valence-corrected chi connectivity index (χ4v) is 2.91. The predicted molar refractivity (Wildman–Crippen MR) is 74.1 cm³/mol. The Labute approximate surface area is 115 Å². The average Bonchev–Trinajstić information content (AvgIpc) is 2.88. The van der Waals surface area contributed by atoms with Crippen molar-refractivity contribution in [2.45, 2.75) is 12.6 Å². The molecule has 1 saturated heterocycles. The molecule has 0 bridgehead atoms. The molecule has 1 aromatic carbocycles. The van der Waals surface area contributed by atoms with Crippen molar-refractivity contribution >= 4 is 27.5 Å². The van der Waals surface area contributed by atoms with E-state index in [1.54, 1.807) is 11.3 Å². The molecule has 1 aliphatic heterocycles. The first-order valence-corrected chi connectivity index (χ1v) is 7.09. The first-order valence-electron chi connectivity index (χ1n) is 6.27. The molecule has 1 atom stereocenters. The fourth-order valence-electron chi connectivity index (χ4n) is 2.01. The van der Waals surface area contributed by atoms with E-state index in [0.29, 0.717) is 19.7 Å². The second kappa shape index (κ2) is 5.64. The largest absolute Gasteiger partial charge is 0.366 e. The molecule has 0 radical (unpaired) electrons. The zero-order chi connectivity index (χ0) is 13.1. The second-order valence-corrected chi connectivity index (χ2v) is 5.47. The number of thiazole rings is 1. The van der Waals surface area contributed by atoms with Crippen molar-refractivity contribution in [3.63, 3.8) is 0 Å². The van der Waals surface area contributed by atoms with Gasteiger partial charge in [-0.05, 0) is 12.1 Å². The number of para-hydroxylation sites is 1. The number of hydrogen-bond donors (Lipinski definition) is 2. The monoisotopic (exact) mass is 277 g/mol. The number of benzene rings is 1. The summed E-state index contributed by atoms with van der Waals surface area (Å²) < 4.78 is 6.54. The lowest BCUT2D eigenvalue weighted by Gasteiger charge is -2.22. The molecule has 0 spiro atoms. The van der Waals surface area contributed by atoms with Gasteiger partial charge in [0, 0.05) is 13.1 Å². The Balaban J connectivity index is 1.60. The van der Waals surface area contributed by atoms with E-state index in [1.165, 1.54) is 0 Å². The van der Waals surface area contributed by atoms with Gasteiger partial charge >= 0.3 is 0 Å². The smallest absolute Gasteiger partial charge is 0.250 e. The van der Waals surface area contributed by atoms with Crippen LogP contribution in [0.3, 0.4) is 0 Å². The molecule has 5 nitrogen and oxygen atoms in total. The standard InChI is InChI=1S/C13H15N3O2S/c17-13(10-7-14-5-6-18-10)15-8-12-16-9-3-1-2-4-11(9)19-12/h1-4,10,14H,5-8H2,(H,15,17). The molecule has 0 aliphatic carbocycles. The highest BCUT2D eigenvalue weighted by atomic mass is 32.1. The van der Waals surface area contributed by atoms with Crippen LogP contribution in [-0.4, -0.2) is 36.7 Å². The number of amides is 1. The van der Waals surface area contributed by atoms with Gasteiger partial charge in [-0.15, -0.1) is 11.3 Å². The van der Waals surface area contributed by atoms with Crippen LogP contribution in [0.4, 0.5) is 0 Å². The summed E-state index contributed by atoms with van der Waals surface area (Å²) >= 11 is 1.60. The van der Waals surface area contributed by atoms with Gasteiger partial charge in [-0.2, -0.15) is 0 Å². The van der Waals surface area contributed by atoms with Crippen molar-refractivity contribution < 1.29 is 9.53 Å². The van der Waals surface area contributed by atoms with Crippen LogP contribution in [0.2, 0.25) is 0 Å². The van der Waals surface area contributed by atoms with E-state index >= 15 is 0 Å². The molecule has 6 heteroatoms. The van der Waals surface area contributed by atoms with Crippen molar-refractivity contribution in [1.29, 1.82) is 0 Å². The Hall–Kier alpha value is -1.50. The number of aromatic nitrogens is 1. The van der Waals surface area contributed by atoms with E-state index in [9.17, 15) is 4.79 Å². The van der Waals surface area contributed by atoms with Crippen LogP contribution in [0.15, 0.2) is 24.3 Å². The number of rotatable bonds is 3. The summed E-state index contributed by atoms with van der Waals surface area (Å²) in [5.41, 5.74) is 0.979. The molecule has 1 aromatic heterocycles. The third-order valence-corrected chi connectivity index (χ3v) is 4.01. The maximum Gasteiger partial charge on any atom is 0.250 e. The van der Waals surface area contributed by atoms with E-state index in [4.69, 9.17) is 4.74 Å². The third-order valence-electron chi connectivity index (χ3n) is 2.97. The number of morpholine rings is 1. The van der Waals surface area contributed by atoms with Gasteiger partial charge in [0.15, 0.2) is 0 Å². The van der Waals surface area contributed by atoms with Crippen molar-refractivity contribution in [3.05, 3.63) is 29.3 Å². The van der Waals surface area contributed by atoms with Crippen molar-refractivity contribution in [1.82, 2.24) is 15.6 Å². The molecule has 1 unspecified atom stereocenters. The summed E-state index contributed by atoms with van der Waals surface area (Å²) in [5.74, 6) is -0.0774. The molecular weight excluding hydrogens is 262 g/mol. The summed E-state index contributed by atoms with van der Waals surface area (Å²) in [6.07, 6.45) is -0.386. The molecule has 19 heavy (non-hydrogen) atoms. The first kappa shape index (κ1) is 12.5. The molecule has 0 saturated carbocycles. The zero-order valence-electron chi connectivity index (χ0n) is 10.4. The van der Waals surface area contributed by atoms with Gasteiger partial charge < -0.3 is 15.4 Å². The first-order chi connectivity index (χ1) is 9.33. The lowest BCUT2D eigenvalue weighted by Crippen LogP contribution is -2.47. The number of fused-ring (bicyclic) bond motifs is 1. The fraction of sp³-hybridized carbons (Fsp3) is 0.385. The van der Waals surface area contributed by atoms with Gasteiger partial charge in [-0.25, -0.2) is 4.98 Å². The van der Waals surface area contributed by atoms with Gasteiger partial charge in [-0.3, -0.25) is 4.79 Å². The third kappa shape index (κ3) is 2.91. The Morgan fingerprint density at radius 2 is 2.42 bits per heavy atom. The summed E-state index contributed by atoms with van der Waals surface area (Å²) in [4.78, 5) is 16.4. The quantitative estimate of drug-likeness (QED) is 0.875. The normalized spacial score (nSPS) is 19.5. The molecule has 1 aliphatic rings. The number of nitrogens with one attached hydrogen (secondary N) is 2. The zero-order valence-corrected chi connectivity index (χ0v) is 11.2. The summed E-state index contributed by atoms with van der Waals surface area (Å²) in [6.45, 7) is 2.42. The van der Waals surface area contributed by atoms with E-state index in [2.05, 4.69) is 15.6 Å². The predicted octanol–water partition coefficient (Wildman–Crippen LogP) is 0.901. The Morgan fingerprint density at radius 3 is 3.21 bits per heavy atom. The van der Waals surface area contributed by atoms with Gasteiger partial charge in [0.1, 0.15) is 11.1 Å². The van der Waals surface area contributed by atoms with Gasteiger partial charge in [0.2, 0.25) is 0 Å². The maximum atomic E-state index is 11.9. The van der Waals surface area contributed by atoms with Crippen LogP contribution in [-0.2, 0) is 16.1 Å². The van der Waals surface area contributed by atoms with Gasteiger partial charge in [0.25, 0.3) is 5.91 Å². The average molecular weight is 277 g/mol. The highest BCUT2D eigenvalue weighted by molar-refractivity contribution is 7.18. The van der Waals surface area contributed by atoms with Crippen LogP contribution in [0.25, 0.3) is 10.2 Å². The van der Waals surface area contributed by atoms with Crippen LogP contribution >= 0.6 is 11.3 Å². The van der Waals surface area contributed by atoms with E-state index < -0.39 is 0 Å². The Kier molecular flexibility index (Phi) is 3.72. The van der Waals surface area contributed by atoms with Crippen LogP contribution in [0.1, 0.15) is 5.01 Å². The van der Waals surface area contributed by atoms with Crippen molar-refractivity contribution in [2.75, 3.05) is 19.7 Å². The topological polar surface area (TPSA) is 63.2 Å². The number of ether oxygens (including phenoxy) is 1. The number of hydrogen-bond acceptors (Lipinski definition) is 5. The van der Waals surface area contributed by atoms with Crippen LogP contribution < -0.4 is 10.6 Å².